The minimum atomic E-state index is 0.678. The number of hydrogen-bond donors (Lipinski definition) is 1. The van der Waals surface area contributed by atoms with Gasteiger partial charge in [0, 0.05) is 18.9 Å². The average molecular weight is 195 g/mol. The Kier molecular flexibility index (Phi) is 4.66. The SMILES string of the molecule is CCCNCC(C)Cc1ccnn1C. The number of aromatic nitrogens is 2. The molecule has 1 unspecified atom stereocenters. The molecule has 0 saturated heterocycles. The van der Waals surface area contributed by atoms with Crippen LogP contribution < -0.4 is 5.32 Å². The first-order valence-electron chi connectivity index (χ1n) is 5.41. The summed E-state index contributed by atoms with van der Waals surface area (Å²) >= 11 is 0. The first-order chi connectivity index (χ1) is 6.74. The summed E-state index contributed by atoms with van der Waals surface area (Å²) in [7, 11) is 2.00. The van der Waals surface area contributed by atoms with Gasteiger partial charge in [-0.2, -0.15) is 5.10 Å². The van der Waals surface area contributed by atoms with Crippen LogP contribution in [0.1, 0.15) is 26.0 Å². The van der Waals surface area contributed by atoms with Crippen LogP contribution in [0.25, 0.3) is 0 Å². The molecule has 0 aliphatic heterocycles. The van der Waals surface area contributed by atoms with E-state index in [1.165, 1.54) is 12.1 Å². The van der Waals surface area contributed by atoms with Crippen LogP contribution >= 0.6 is 0 Å². The fourth-order valence-electron chi connectivity index (χ4n) is 1.56. The van der Waals surface area contributed by atoms with Crippen molar-refractivity contribution < 1.29 is 0 Å². The lowest BCUT2D eigenvalue weighted by atomic mass is 10.1. The molecule has 1 atom stereocenters. The molecule has 3 nitrogen and oxygen atoms in total. The van der Waals surface area contributed by atoms with Crippen LogP contribution in [0.4, 0.5) is 0 Å². The second kappa shape index (κ2) is 5.81. The van der Waals surface area contributed by atoms with Gasteiger partial charge in [-0.1, -0.05) is 13.8 Å². The van der Waals surface area contributed by atoms with E-state index in [0.29, 0.717) is 5.92 Å². The van der Waals surface area contributed by atoms with Crippen LogP contribution in [0.3, 0.4) is 0 Å². The zero-order chi connectivity index (χ0) is 10.4. The van der Waals surface area contributed by atoms with E-state index < -0.39 is 0 Å². The molecular formula is C11H21N3. The Hall–Kier alpha value is -0.830. The highest BCUT2D eigenvalue weighted by Gasteiger charge is 2.05. The van der Waals surface area contributed by atoms with Gasteiger partial charge in [-0.15, -0.1) is 0 Å². The van der Waals surface area contributed by atoms with Gasteiger partial charge in [0.25, 0.3) is 0 Å². The predicted molar refractivity (Wildman–Crippen MR) is 59.2 cm³/mol. The smallest absolute Gasteiger partial charge is 0.0492 e. The van der Waals surface area contributed by atoms with Crippen LogP contribution in [-0.2, 0) is 13.5 Å². The lowest BCUT2D eigenvalue weighted by molar-refractivity contribution is 0.495. The fourth-order valence-corrected chi connectivity index (χ4v) is 1.56. The second-order valence-electron chi connectivity index (χ2n) is 3.96. The van der Waals surface area contributed by atoms with E-state index in [9.17, 15) is 0 Å². The maximum Gasteiger partial charge on any atom is 0.0492 e. The highest BCUT2D eigenvalue weighted by atomic mass is 15.2. The van der Waals surface area contributed by atoms with Gasteiger partial charge >= 0.3 is 0 Å². The van der Waals surface area contributed by atoms with Gasteiger partial charge in [-0.25, -0.2) is 0 Å². The minimum absolute atomic E-state index is 0.678. The molecule has 0 aromatic carbocycles. The largest absolute Gasteiger partial charge is 0.316 e. The molecule has 0 radical (unpaired) electrons. The fraction of sp³-hybridized carbons (Fsp3) is 0.727. The number of nitrogens with zero attached hydrogens (tertiary/aromatic N) is 2. The van der Waals surface area contributed by atoms with E-state index in [0.717, 1.165) is 19.5 Å². The average Bonchev–Trinajstić information content (AvgIpc) is 2.52. The Morgan fingerprint density at radius 1 is 1.57 bits per heavy atom. The van der Waals surface area contributed by atoms with E-state index in [2.05, 4.69) is 30.3 Å². The van der Waals surface area contributed by atoms with Crippen molar-refractivity contribution in [1.82, 2.24) is 15.1 Å². The van der Waals surface area contributed by atoms with Crippen LogP contribution in [0, 0.1) is 5.92 Å². The first kappa shape index (κ1) is 11.2. The molecule has 1 aromatic heterocycles. The highest BCUT2D eigenvalue weighted by molar-refractivity contribution is 5.00. The van der Waals surface area contributed by atoms with Gasteiger partial charge in [0.2, 0.25) is 0 Å². The molecule has 0 aliphatic rings. The summed E-state index contributed by atoms with van der Waals surface area (Å²) in [6, 6.07) is 2.09. The monoisotopic (exact) mass is 195 g/mol. The summed E-state index contributed by atoms with van der Waals surface area (Å²) in [6.07, 6.45) is 4.17. The number of nitrogens with one attached hydrogen (secondary N) is 1. The summed E-state index contributed by atoms with van der Waals surface area (Å²) in [4.78, 5) is 0. The third-order valence-corrected chi connectivity index (χ3v) is 2.40. The molecular weight excluding hydrogens is 174 g/mol. The standard InChI is InChI=1S/C11H21N3/c1-4-6-12-9-10(2)8-11-5-7-13-14(11)3/h5,7,10,12H,4,6,8-9H2,1-3H3. The Balaban J connectivity index is 2.27. The molecule has 0 amide bonds. The Morgan fingerprint density at radius 2 is 2.36 bits per heavy atom. The number of aryl methyl sites for hydroxylation is 1. The highest BCUT2D eigenvalue weighted by Crippen LogP contribution is 2.05. The normalized spacial score (nSPS) is 13.1. The van der Waals surface area contributed by atoms with Crippen LogP contribution in [0.15, 0.2) is 12.3 Å². The van der Waals surface area contributed by atoms with Crippen molar-refractivity contribution in [3.63, 3.8) is 0 Å². The Labute approximate surface area is 86.5 Å². The van der Waals surface area contributed by atoms with E-state index in [4.69, 9.17) is 0 Å². The molecule has 0 spiro atoms. The second-order valence-corrected chi connectivity index (χ2v) is 3.96. The maximum atomic E-state index is 4.16. The van der Waals surface area contributed by atoms with Gasteiger partial charge in [0.05, 0.1) is 0 Å². The quantitative estimate of drug-likeness (QED) is 0.699. The van der Waals surface area contributed by atoms with E-state index in [1.807, 2.05) is 17.9 Å². The molecule has 1 rings (SSSR count). The zero-order valence-electron chi connectivity index (χ0n) is 9.45. The van der Waals surface area contributed by atoms with Crippen LogP contribution in [0.2, 0.25) is 0 Å². The molecule has 3 heteroatoms. The van der Waals surface area contributed by atoms with E-state index in [1.54, 1.807) is 0 Å². The minimum Gasteiger partial charge on any atom is -0.316 e. The summed E-state index contributed by atoms with van der Waals surface area (Å²) < 4.78 is 1.95. The van der Waals surface area contributed by atoms with Crippen molar-refractivity contribution in [3.8, 4) is 0 Å². The van der Waals surface area contributed by atoms with E-state index in [-0.39, 0.29) is 0 Å². The molecule has 0 saturated carbocycles. The van der Waals surface area contributed by atoms with Gasteiger partial charge < -0.3 is 5.32 Å². The van der Waals surface area contributed by atoms with E-state index >= 15 is 0 Å². The summed E-state index contributed by atoms with van der Waals surface area (Å²) in [5.41, 5.74) is 1.32. The molecule has 1 N–H and O–H groups in total. The van der Waals surface area contributed by atoms with Gasteiger partial charge in [-0.05, 0) is 37.9 Å². The third-order valence-electron chi connectivity index (χ3n) is 2.40. The first-order valence-corrected chi connectivity index (χ1v) is 5.41. The molecule has 0 bridgehead atoms. The molecule has 1 heterocycles. The van der Waals surface area contributed by atoms with Crippen LogP contribution in [0.5, 0.6) is 0 Å². The molecule has 80 valence electrons. The van der Waals surface area contributed by atoms with Gasteiger partial charge in [0.15, 0.2) is 0 Å². The third kappa shape index (κ3) is 3.50. The Morgan fingerprint density at radius 3 is 2.93 bits per heavy atom. The molecule has 14 heavy (non-hydrogen) atoms. The van der Waals surface area contributed by atoms with Gasteiger partial charge in [-0.3, -0.25) is 4.68 Å². The van der Waals surface area contributed by atoms with Crippen molar-refractivity contribution >= 4 is 0 Å². The lowest BCUT2D eigenvalue weighted by Crippen LogP contribution is -2.23. The van der Waals surface area contributed by atoms with Crippen molar-refractivity contribution in [1.29, 1.82) is 0 Å². The number of hydrogen-bond acceptors (Lipinski definition) is 2. The number of rotatable bonds is 6. The van der Waals surface area contributed by atoms with Crippen molar-refractivity contribution in [2.45, 2.75) is 26.7 Å². The Bertz CT molecular complexity index is 255. The lowest BCUT2D eigenvalue weighted by Gasteiger charge is -2.12. The van der Waals surface area contributed by atoms with Crippen molar-refractivity contribution in [2.24, 2.45) is 13.0 Å². The zero-order valence-corrected chi connectivity index (χ0v) is 9.45. The van der Waals surface area contributed by atoms with Crippen molar-refractivity contribution in [2.75, 3.05) is 13.1 Å². The molecule has 0 aliphatic carbocycles. The maximum absolute atomic E-state index is 4.16. The summed E-state index contributed by atoms with van der Waals surface area (Å²) in [5.74, 6) is 0.678. The summed E-state index contributed by atoms with van der Waals surface area (Å²) in [6.45, 7) is 6.68. The topological polar surface area (TPSA) is 29.9 Å². The predicted octanol–water partition coefficient (Wildman–Crippen LogP) is 1.60. The van der Waals surface area contributed by atoms with Crippen LogP contribution in [-0.4, -0.2) is 22.9 Å². The summed E-state index contributed by atoms with van der Waals surface area (Å²) in [5, 5.41) is 7.60. The molecule has 1 aromatic rings. The van der Waals surface area contributed by atoms with Crippen molar-refractivity contribution in [3.05, 3.63) is 18.0 Å². The van der Waals surface area contributed by atoms with Gasteiger partial charge in [0.1, 0.15) is 0 Å². The molecule has 0 fully saturated rings.